The third-order valence-corrected chi connectivity index (χ3v) is 4.00. The van der Waals surface area contributed by atoms with Gasteiger partial charge in [0, 0.05) is 5.75 Å². The second-order valence-electron chi connectivity index (χ2n) is 4.61. The number of benzene rings is 1. The molecule has 0 atom stereocenters. The molecule has 0 saturated carbocycles. The number of nitrogens with one attached hydrogen (secondary N) is 1. The van der Waals surface area contributed by atoms with E-state index >= 15 is 0 Å². The molecule has 0 aliphatic heterocycles. The van der Waals surface area contributed by atoms with Crippen LogP contribution in [-0.4, -0.2) is 20.8 Å². The molecule has 0 spiro atoms. The molecule has 0 aliphatic rings. The average Bonchev–Trinajstić information content (AvgIpc) is 2.45. The van der Waals surface area contributed by atoms with Gasteiger partial charge in [-0.15, -0.1) is 0 Å². The van der Waals surface area contributed by atoms with Crippen LogP contribution < -0.4 is 5.56 Å². The molecular weight excluding hydrogens is 272 g/mol. The van der Waals surface area contributed by atoms with Crippen LogP contribution in [0.3, 0.4) is 0 Å². The van der Waals surface area contributed by atoms with E-state index in [4.69, 9.17) is 0 Å². The highest BCUT2D eigenvalue weighted by atomic mass is 32.2. The number of rotatable bonds is 6. The van der Waals surface area contributed by atoms with Gasteiger partial charge in [0.05, 0.1) is 5.56 Å². The number of H-pyrrole nitrogens is 1. The summed E-state index contributed by atoms with van der Waals surface area (Å²) in [6.45, 7) is 1.55. The number of nitrogens with zero attached hydrogens (tertiary/aromatic N) is 1. The maximum atomic E-state index is 11.5. The first-order valence-electron chi connectivity index (χ1n) is 6.63. The van der Waals surface area contributed by atoms with Gasteiger partial charge >= 0.3 is 0 Å². The first kappa shape index (κ1) is 14.7. The van der Waals surface area contributed by atoms with Gasteiger partial charge in [-0.25, -0.2) is 0 Å². The molecule has 0 fully saturated rings. The fraction of sp³-hybridized carbons (Fsp3) is 0.333. The molecule has 5 heteroatoms. The third kappa shape index (κ3) is 4.13. The van der Waals surface area contributed by atoms with Crippen LogP contribution in [0.25, 0.3) is 0 Å². The summed E-state index contributed by atoms with van der Waals surface area (Å²) in [7, 11) is 0. The second-order valence-corrected chi connectivity index (χ2v) is 5.69. The number of thioether (sulfide) groups is 1. The number of unbranched alkanes of at least 4 members (excludes halogenated alkanes) is 1. The van der Waals surface area contributed by atoms with E-state index in [1.807, 2.05) is 18.2 Å². The minimum atomic E-state index is -0.274. The van der Waals surface area contributed by atoms with Crippen molar-refractivity contribution in [3.8, 4) is 5.88 Å². The Labute approximate surface area is 122 Å². The Balaban J connectivity index is 1.75. The van der Waals surface area contributed by atoms with Crippen LogP contribution in [-0.2, 0) is 6.42 Å². The largest absolute Gasteiger partial charge is 0.493 e. The lowest BCUT2D eigenvalue weighted by Gasteiger charge is -2.03. The maximum absolute atomic E-state index is 11.5. The summed E-state index contributed by atoms with van der Waals surface area (Å²) in [5, 5.41) is 9.97. The molecule has 1 aromatic carbocycles. The van der Waals surface area contributed by atoms with Crippen LogP contribution in [0.5, 0.6) is 5.88 Å². The minimum absolute atomic E-state index is 0.180. The first-order valence-corrected chi connectivity index (χ1v) is 7.62. The van der Waals surface area contributed by atoms with E-state index in [0.717, 1.165) is 25.0 Å². The van der Waals surface area contributed by atoms with Crippen LogP contribution in [0.1, 0.15) is 24.0 Å². The SMILES string of the molecule is Cc1c(O)nc(SCCCCc2ccccc2)[nH]c1=O. The van der Waals surface area contributed by atoms with Crippen LogP contribution in [0.4, 0.5) is 0 Å². The van der Waals surface area contributed by atoms with Gasteiger partial charge in [0.25, 0.3) is 5.56 Å². The van der Waals surface area contributed by atoms with Gasteiger partial charge in [-0.3, -0.25) is 4.79 Å². The van der Waals surface area contributed by atoms with E-state index in [1.165, 1.54) is 17.3 Å². The zero-order chi connectivity index (χ0) is 14.4. The van der Waals surface area contributed by atoms with Crippen molar-refractivity contribution < 1.29 is 5.11 Å². The van der Waals surface area contributed by atoms with Crippen molar-refractivity contribution in [1.29, 1.82) is 0 Å². The van der Waals surface area contributed by atoms with E-state index < -0.39 is 0 Å². The number of hydrogen-bond donors (Lipinski definition) is 2. The summed E-state index contributed by atoms with van der Waals surface area (Å²) in [6, 6.07) is 10.4. The van der Waals surface area contributed by atoms with Crippen LogP contribution in [0.15, 0.2) is 40.3 Å². The highest BCUT2D eigenvalue weighted by Crippen LogP contribution is 2.17. The van der Waals surface area contributed by atoms with Crippen molar-refractivity contribution in [1.82, 2.24) is 9.97 Å². The first-order chi connectivity index (χ1) is 9.66. The smallest absolute Gasteiger partial charge is 0.258 e. The van der Waals surface area contributed by atoms with Gasteiger partial charge < -0.3 is 10.1 Å². The molecule has 106 valence electrons. The standard InChI is InChI=1S/C15H18N2O2S/c1-11-13(18)16-15(17-14(11)19)20-10-6-5-9-12-7-3-2-4-8-12/h2-4,7-8H,5-6,9-10H2,1H3,(H2,16,17,18,19). The normalized spacial score (nSPS) is 10.7. The van der Waals surface area contributed by atoms with E-state index in [1.54, 1.807) is 6.92 Å². The zero-order valence-electron chi connectivity index (χ0n) is 11.4. The van der Waals surface area contributed by atoms with Gasteiger partial charge in [0.15, 0.2) is 5.16 Å². The molecule has 0 saturated heterocycles. The van der Waals surface area contributed by atoms with Gasteiger partial charge in [-0.1, -0.05) is 42.1 Å². The van der Waals surface area contributed by atoms with Gasteiger partial charge in [0.2, 0.25) is 5.88 Å². The van der Waals surface area contributed by atoms with Crippen LogP contribution in [0, 0.1) is 6.92 Å². The molecule has 0 aliphatic carbocycles. The van der Waals surface area contributed by atoms with Crippen molar-refractivity contribution in [3.63, 3.8) is 0 Å². The fourth-order valence-corrected chi connectivity index (χ4v) is 2.67. The van der Waals surface area contributed by atoms with Crippen molar-refractivity contribution >= 4 is 11.8 Å². The Hall–Kier alpha value is -1.75. The molecular formula is C15H18N2O2S. The van der Waals surface area contributed by atoms with Crippen molar-refractivity contribution in [3.05, 3.63) is 51.8 Å². The van der Waals surface area contributed by atoms with E-state index in [0.29, 0.717) is 5.16 Å². The van der Waals surface area contributed by atoms with Crippen LogP contribution in [0.2, 0.25) is 0 Å². The molecule has 20 heavy (non-hydrogen) atoms. The summed E-state index contributed by atoms with van der Waals surface area (Å²) in [4.78, 5) is 18.1. The van der Waals surface area contributed by atoms with E-state index in [9.17, 15) is 9.90 Å². The summed E-state index contributed by atoms with van der Waals surface area (Å²) >= 11 is 1.47. The predicted octanol–water partition coefficient (Wildman–Crippen LogP) is 2.90. The summed E-state index contributed by atoms with van der Waals surface area (Å²) in [5.74, 6) is 0.693. The Morgan fingerprint density at radius 3 is 2.70 bits per heavy atom. The minimum Gasteiger partial charge on any atom is -0.493 e. The second kappa shape index (κ2) is 7.14. The number of hydrogen-bond acceptors (Lipinski definition) is 4. The van der Waals surface area contributed by atoms with Crippen molar-refractivity contribution in [2.45, 2.75) is 31.3 Å². The van der Waals surface area contributed by atoms with Crippen molar-refractivity contribution in [2.75, 3.05) is 5.75 Å². The topological polar surface area (TPSA) is 66.0 Å². The summed E-state index contributed by atoms with van der Waals surface area (Å²) in [6.07, 6.45) is 3.20. The molecule has 2 rings (SSSR count). The highest BCUT2D eigenvalue weighted by Gasteiger charge is 2.06. The summed E-state index contributed by atoms with van der Waals surface area (Å²) < 4.78 is 0. The predicted molar refractivity (Wildman–Crippen MR) is 81.4 cm³/mol. The molecule has 2 aromatic rings. The van der Waals surface area contributed by atoms with E-state index in [-0.39, 0.29) is 17.0 Å². The molecule has 1 aromatic heterocycles. The monoisotopic (exact) mass is 290 g/mol. The number of aromatic hydroxyl groups is 1. The summed E-state index contributed by atoms with van der Waals surface area (Å²) in [5.41, 5.74) is 1.33. The molecule has 1 heterocycles. The zero-order valence-corrected chi connectivity index (χ0v) is 12.2. The lowest BCUT2D eigenvalue weighted by atomic mass is 10.1. The molecule has 0 bridgehead atoms. The highest BCUT2D eigenvalue weighted by molar-refractivity contribution is 7.99. The number of aromatic amines is 1. The molecule has 4 nitrogen and oxygen atoms in total. The average molecular weight is 290 g/mol. The maximum Gasteiger partial charge on any atom is 0.258 e. The Morgan fingerprint density at radius 1 is 1.25 bits per heavy atom. The van der Waals surface area contributed by atoms with Crippen LogP contribution >= 0.6 is 11.8 Å². The molecule has 2 N–H and O–H groups in total. The van der Waals surface area contributed by atoms with Gasteiger partial charge in [-0.05, 0) is 31.7 Å². The Bertz CT molecular complexity index is 611. The van der Waals surface area contributed by atoms with Crippen molar-refractivity contribution in [2.24, 2.45) is 0 Å². The number of aromatic nitrogens is 2. The van der Waals surface area contributed by atoms with Gasteiger partial charge in [-0.2, -0.15) is 4.98 Å². The fourth-order valence-electron chi connectivity index (χ4n) is 1.81. The Morgan fingerprint density at radius 2 is 2.00 bits per heavy atom. The van der Waals surface area contributed by atoms with E-state index in [2.05, 4.69) is 22.1 Å². The lowest BCUT2D eigenvalue weighted by Crippen LogP contribution is -2.11. The number of aryl methyl sites for hydroxylation is 1. The Kier molecular flexibility index (Phi) is 5.24. The lowest BCUT2D eigenvalue weighted by molar-refractivity contribution is 0.439. The third-order valence-electron chi connectivity index (χ3n) is 3.05. The quantitative estimate of drug-likeness (QED) is 0.488. The molecule has 0 radical (unpaired) electrons. The molecule has 0 unspecified atom stereocenters. The van der Waals surface area contributed by atoms with Gasteiger partial charge in [0.1, 0.15) is 0 Å². The molecule has 0 amide bonds.